The lowest BCUT2D eigenvalue weighted by molar-refractivity contribution is 0.0963. The van der Waals surface area contributed by atoms with Crippen molar-refractivity contribution >= 4 is 11.9 Å². The molecule has 2 aromatic rings. The van der Waals surface area contributed by atoms with E-state index in [1.165, 1.54) is 6.07 Å². The molecule has 0 atom stereocenters. The molecule has 5 nitrogen and oxygen atoms in total. The Labute approximate surface area is 153 Å². The van der Waals surface area contributed by atoms with Crippen LogP contribution in [-0.4, -0.2) is 25.5 Å². The van der Waals surface area contributed by atoms with Crippen molar-refractivity contribution in [2.45, 2.75) is 26.9 Å². The molecule has 0 aromatic heterocycles. The minimum atomic E-state index is -0.216. The van der Waals surface area contributed by atoms with Gasteiger partial charge in [0.1, 0.15) is 5.82 Å². The second-order valence-electron chi connectivity index (χ2n) is 5.91. The highest BCUT2D eigenvalue weighted by Crippen LogP contribution is 2.10. The molecule has 0 radical (unpaired) electrons. The highest BCUT2D eigenvalue weighted by Gasteiger charge is 2.04. The van der Waals surface area contributed by atoms with Crippen molar-refractivity contribution in [3.05, 3.63) is 70.5 Å². The summed E-state index contributed by atoms with van der Waals surface area (Å²) in [6.45, 7) is 5.41. The molecule has 0 aliphatic carbocycles. The summed E-state index contributed by atoms with van der Waals surface area (Å²) in [5.74, 6) is 0.334. The van der Waals surface area contributed by atoms with Crippen molar-refractivity contribution in [2.75, 3.05) is 13.6 Å². The number of aryl methyl sites for hydroxylation is 1. The van der Waals surface area contributed by atoms with Gasteiger partial charge in [-0.3, -0.25) is 4.79 Å². The van der Waals surface area contributed by atoms with Crippen LogP contribution in [0.2, 0.25) is 0 Å². The number of halogens is 1. The van der Waals surface area contributed by atoms with Gasteiger partial charge in [0.2, 0.25) is 0 Å². The molecule has 0 spiro atoms. The number of carbonyl (C=O) groups is 1. The van der Waals surface area contributed by atoms with Gasteiger partial charge in [-0.15, -0.1) is 0 Å². The van der Waals surface area contributed by atoms with E-state index in [-0.39, 0.29) is 11.7 Å². The fraction of sp³-hybridized carbons (Fsp3) is 0.300. The molecular formula is C20H25FN4O. The van der Waals surface area contributed by atoms with Crippen molar-refractivity contribution in [1.82, 2.24) is 16.0 Å². The van der Waals surface area contributed by atoms with E-state index < -0.39 is 0 Å². The lowest BCUT2D eigenvalue weighted by Gasteiger charge is -2.12. The summed E-state index contributed by atoms with van der Waals surface area (Å²) in [7, 11) is 1.61. The van der Waals surface area contributed by atoms with Gasteiger partial charge in [0.25, 0.3) is 5.91 Å². The molecule has 138 valence electrons. The maximum absolute atomic E-state index is 13.6. The lowest BCUT2D eigenvalue weighted by atomic mass is 10.1. The van der Waals surface area contributed by atoms with Crippen molar-refractivity contribution in [1.29, 1.82) is 0 Å². The maximum Gasteiger partial charge on any atom is 0.251 e. The first kappa shape index (κ1) is 19.4. The highest BCUT2D eigenvalue weighted by molar-refractivity contribution is 5.93. The van der Waals surface area contributed by atoms with E-state index in [0.29, 0.717) is 30.2 Å². The van der Waals surface area contributed by atoms with E-state index in [1.54, 1.807) is 32.2 Å². The fourth-order valence-electron chi connectivity index (χ4n) is 2.35. The van der Waals surface area contributed by atoms with Crippen LogP contribution in [0.15, 0.2) is 47.5 Å². The number of nitrogens with one attached hydrogen (secondary N) is 3. The fourth-order valence-corrected chi connectivity index (χ4v) is 2.35. The van der Waals surface area contributed by atoms with Crippen molar-refractivity contribution in [3.8, 4) is 0 Å². The third-order valence-electron chi connectivity index (χ3n) is 3.90. The Hall–Kier alpha value is -2.89. The van der Waals surface area contributed by atoms with Crippen LogP contribution < -0.4 is 16.0 Å². The molecule has 0 unspecified atom stereocenters. The molecule has 1 amide bonds. The van der Waals surface area contributed by atoms with Crippen LogP contribution in [0.4, 0.5) is 4.39 Å². The zero-order valence-electron chi connectivity index (χ0n) is 15.4. The van der Waals surface area contributed by atoms with E-state index in [2.05, 4.69) is 20.9 Å². The number of rotatable bonds is 6. The largest absolute Gasteiger partial charge is 0.357 e. The van der Waals surface area contributed by atoms with Gasteiger partial charge >= 0.3 is 0 Å². The minimum Gasteiger partial charge on any atom is -0.357 e. The van der Waals surface area contributed by atoms with E-state index in [0.717, 1.165) is 17.7 Å². The molecule has 2 rings (SSSR count). The Morgan fingerprint density at radius 3 is 2.38 bits per heavy atom. The Kier molecular flexibility index (Phi) is 7.14. The first-order chi connectivity index (χ1) is 12.5. The number of carbonyl (C=O) groups excluding carboxylic acids is 1. The average molecular weight is 356 g/mol. The highest BCUT2D eigenvalue weighted by atomic mass is 19.1. The Balaban J connectivity index is 1.98. The van der Waals surface area contributed by atoms with E-state index in [9.17, 15) is 9.18 Å². The molecule has 0 heterocycles. The molecule has 0 bridgehead atoms. The van der Waals surface area contributed by atoms with E-state index >= 15 is 0 Å². The summed E-state index contributed by atoms with van der Waals surface area (Å²) in [4.78, 5) is 16.1. The summed E-state index contributed by atoms with van der Waals surface area (Å²) in [6.07, 6.45) is 0. The number of benzene rings is 2. The summed E-state index contributed by atoms with van der Waals surface area (Å²) in [5, 5.41) is 9.01. The van der Waals surface area contributed by atoms with Gasteiger partial charge < -0.3 is 16.0 Å². The molecule has 0 saturated heterocycles. The number of guanidine groups is 1. The van der Waals surface area contributed by atoms with Crippen molar-refractivity contribution < 1.29 is 9.18 Å². The summed E-state index contributed by atoms with van der Waals surface area (Å²) in [5.41, 5.74) is 3.10. The molecule has 2 aromatic carbocycles. The van der Waals surface area contributed by atoms with Gasteiger partial charge in [-0.25, -0.2) is 9.38 Å². The molecule has 0 saturated carbocycles. The molecule has 0 aliphatic rings. The predicted molar refractivity (Wildman–Crippen MR) is 103 cm³/mol. The van der Waals surface area contributed by atoms with E-state index in [1.807, 2.05) is 25.1 Å². The topological polar surface area (TPSA) is 65.5 Å². The van der Waals surface area contributed by atoms with Gasteiger partial charge in [-0.1, -0.05) is 24.3 Å². The van der Waals surface area contributed by atoms with Crippen LogP contribution in [0, 0.1) is 12.7 Å². The van der Waals surface area contributed by atoms with Crippen molar-refractivity contribution in [3.63, 3.8) is 0 Å². The zero-order valence-corrected chi connectivity index (χ0v) is 15.4. The molecular weight excluding hydrogens is 331 g/mol. The first-order valence-corrected chi connectivity index (χ1v) is 8.61. The Morgan fingerprint density at radius 2 is 1.77 bits per heavy atom. The van der Waals surface area contributed by atoms with Crippen LogP contribution >= 0.6 is 0 Å². The normalized spacial score (nSPS) is 11.2. The van der Waals surface area contributed by atoms with Crippen LogP contribution in [0.5, 0.6) is 0 Å². The third kappa shape index (κ3) is 5.58. The van der Waals surface area contributed by atoms with Crippen LogP contribution in [0.3, 0.4) is 0 Å². The summed E-state index contributed by atoms with van der Waals surface area (Å²) < 4.78 is 13.6. The smallest absolute Gasteiger partial charge is 0.251 e. The average Bonchev–Trinajstić information content (AvgIpc) is 2.66. The molecule has 26 heavy (non-hydrogen) atoms. The second kappa shape index (κ2) is 9.56. The first-order valence-electron chi connectivity index (χ1n) is 8.61. The maximum atomic E-state index is 13.6. The number of nitrogens with zero attached hydrogens (tertiary/aromatic N) is 1. The monoisotopic (exact) mass is 356 g/mol. The molecule has 0 fully saturated rings. The number of hydrogen-bond acceptors (Lipinski definition) is 2. The van der Waals surface area contributed by atoms with Gasteiger partial charge in [0, 0.05) is 25.7 Å². The lowest BCUT2D eigenvalue weighted by Crippen LogP contribution is -2.36. The molecule has 0 aliphatic heterocycles. The minimum absolute atomic E-state index is 0.107. The van der Waals surface area contributed by atoms with Gasteiger partial charge in [0.15, 0.2) is 5.96 Å². The Morgan fingerprint density at radius 1 is 1.08 bits per heavy atom. The Bertz CT molecular complexity index is 772. The quantitative estimate of drug-likeness (QED) is 0.551. The number of amides is 1. The van der Waals surface area contributed by atoms with E-state index in [4.69, 9.17) is 0 Å². The number of hydrogen-bond donors (Lipinski definition) is 3. The van der Waals surface area contributed by atoms with Gasteiger partial charge in [-0.05, 0) is 48.7 Å². The van der Waals surface area contributed by atoms with Gasteiger partial charge in [0.05, 0.1) is 6.54 Å². The SMILES string of the molecule is CCNC(=NCc1ccc(C)c(F)c1)NCc1ccc(C(=O)NC)cc1. The van der Waals surface area contributed by atoms with Crippen molar-refractivity contribution in [2.24, 2.45) is 4.99 Å². The zero-order chi connectivity index (χ0) is 18.9. The van der Waals surface area contributed by atoms with Gasteiger partial charge in [-0.2, -0.15) is 0 Å². The standard InChI is InChI=1S/C20H25FN4O/c1-4-23-20(25-13-16-6-5-14(2)18(21)11-16)24-12-15-7-9-17(10-8-15)19(26)22-3/h5-11H,4,12-13H2,1-3H3,(H,22,26)(H2,23,24,25). The summed E-state index contributed by atoms with van der Waals surface area (Å²) in [6, 6.07) is 12.5. The molecule has 6 heteroatoms. The van der Waals surface area contributed by atoms with Crippen LogP contribution in [0.1, 0.15) is 34.0 Å². The summed E-state index contributed by atoms with van der Waals surface area (Å²) >= 11 is 0. The second-order valence-corrected chi connectivity index (χ2v) is 5.91. The van der Waals surface area contributed by atoms with Crippen LogP contribution in [0.25, 0.3) is 0 Å². The van der Waals surface area contributed by atoms with Crippen LogP contribution in [-0.2, 0) is 13.1 Å². The number of aliphatic imine (C=N–C) groups is 1. The molecule has 3 N–H and O–H groups in total. The predicted octanol–water partition coefficient (Wildman–Crippen LogP) is 2.75. The third-order valence-corrected chi connectivity index (χ3v) is 3.90.